The molecule has 2 fully saturated rings. The molecule has 0 radical (unpaired) electrons. The number of amides is 2. The molecule has 2 aromatic carbocycles. The summed E-state index contributed by atoms with van der Waals surface area (Å²) in [6.45, 7) is 6.07. The van der Waals surface area contributed by atoms with Crippen molar-refractivity contribution in [2.24, 2.45) is 5.92 Å². The molecule has 3 atom stereocenters. The highest BCUT2D eigenvalue weighted by molar-refractivity contribution is 5.74. The van der Waals surface area contributed by atoms with Gasteiger partial charge in [-0.15, -0.1) is 0 Å². The van der Waals surface area contributed by atoms with Gasteiger partial charge in [0.25, 0.3) is 0 Å². The molecule has 4 heteroatoms. The highest BCUT2D eigenvalue weighted by atomic mass is 16.2. The van der Waals surface area contributed by atoms with Crippen LogP contribution >= 0.6 is 0 Å². The fourth-order valence-corrected chi connectivity index (χ4v) is 6.55. The lowest BCUT2D eigenvalue weighted by atomic mass is 9.76. The lowest BCUT2D eigenvalue weighted by Gasteiger charge is -2.52. The van der Waals surface area contributed by atoms with E-state index in [1.807, 2.05) is 18.2 Å². The van der Waals surface area contributed by atoms with Crippen LogP contribution in [0.2, 0.25) is 0 Å². The third kappa shape index (κ3) is 5.17. The highest BCUT2D eigenvalue weighted by Gasteiger charge is 2.43. The van der Waals surface area contributed by atoms with Gasteiger partial charge >= 0.3 is 6.03 Å². The minimum Gasteiger partial charge on any atom is -0.334 e. The first-order valence-corrected chi connectivity index (χ1v) is 13.7. The van der Waals surface area contributed by atoms with E-state index in [9.17, 15) is 4.79 Å². The zero-order valence-corrected chi connectivity index (χ0v) is 20.8. The van der Waals surface area contributed by atoms with Crippen LogP contribution in [0.3, 0.4) is 0 Å². The van der Waals surface area contributed by atoms with Gasteiger partial charge in [-0.2, -0.15) is 0 Å². The summed E-state index contributed by atoms with van der Waals surface area (Å²) in [5.74, 6) is 0.604. The van der Waals surface area contributed by atoms with E-state index in [2.05, 4.69) is 52.4 Å². The van der Waals surface area contributed by atoms with Crippen molar-refractivity contribution in [3.05, 3.63) is 70.8 Å². The van der Waals surface area contributed by atoms with Crippen molar-refractivity contribution in [3.8, 4) is 0 Å². The number of hydrogen-bond acceptors (Lipinski definition) is 2. The van der Waals surface area contributed by atoms with E-state index < -0.39 is 0 Å². The zero-order valence-electron chi connectivity index (χ0n) is 20.8. The molecule has 34 heavy (non-hydrogen) atoms. The second-order valence-electron chi connectivity index (χ2n) is 10.6. The standard InChI is InChI=1S/C30H41N3O/c1-2-3-4-6-10-23-14-15-27-25(19-23)16-18-32-22-26-13-9-17-33(28(26)20-29(27)32)30(34)31-21-24-11-7-5-8-12-24/h5,7-8,11-12,14-15,19,26,28-29H,2-4,6,9-10,13,16-18,20-22H2,1H3,(H,31,34). The van der Waals surface area contributed by atoms with Crippen LogP contribution in [0.1, 0.15) is 80.2 Å². The summed E-state index contributed by atoms with van der Waals surface area (Å²) >= 11 is 0. The molecule has 0 bridgehead atoms. The third-order valence-corrected chi connectivity index (χ3v) is 8.39. The number of carbonyl (C=O) groups is 1. The molecule has 3 heterocycles. The normalized spacial score (nSPS) is 24.1. The molecule has 2 amide bonds. The first-order chi connectivity index (χ1) is 16.7. The average Bonchev–Trinajstić information content (AvgIpc) is 2.88. The molecule has 0 aliphatic carbocycles. The summed E-state index contributed by atoms with van der Waals surface area (Å²) in [5.41, 5.74) is 5.75. The number of nitrogens with zero attached hydrogens (tertiary/aromatic N) is 2. The minimum absolute atomic E-state index is 0.116. The number of unbranched alkanes of at least 4 members (excludes halogenated alkanes) is 3. The van der Waals surface area contributed by atoms with Gasteiger partial charge in [0.05, 0.1) is 0 Å². The van der Waals surface area contributed by atoms with Crippen LogP contribution in [0, 0.1) is 5.92 Å². The van der Waals surface area contributed by atoms with Gasteiger partial charge in [-0.3, -0.25) is 4.90 Å². The monoisotopic (exact) mass is 459 g/mol. The van der Waals surface area contributed by atoms with Crippen molar-refractivity contribution in [1.29, 1.82) is 0 Å². The van der Waals surface area contributed by atoms with Gasteiger partial charge in [0.2, 0.25) is 0 Å². The molecular formula is C30H41N3O. The number of nitrogens with one attached hydrogen (secondary N) is 1. The summed E-state index contributed by atoms with van der Waals surface area (Å²) in [7, 11) is 0. The number of fused-ring (bicyclic) bond motifs is 4. The summed E-state index contributed by atoms with van der Waals surface area (Å²) in [6, 6.07) is 18.5. The van der Waals surface area contributed by atoms with Gasteiger partial charge in [0.15, 0.2) is 0 Å². The van der Waals surface area contributed by atoms with E-state index in [1.54, 1.807) is 5.56 Å². The minimum atomic E-state index is 0.116. The van der Waals surface area contributed by atoms with Crippen molar-refractivity contribution in [2.75, 3.05) is 19.6 Å². The lowest BCUT2D eigenvalue weighted by Crippen LogP contribution is -2.59. The van der Waals surface area contributed by atoms with Crippen LogP contribution < -0.4 is 5.32 Å². The molecule has 2 saturated heterocycles. The summed E-state index contributed by atoms with van der Waals surface area (Å²) in [4.78, 5) is 18.1. The Hall–Kier alpha value is -2.33. The van der Waals surface area contributed by atoms with Crippen molar-refractivity contribution < 1.29 is 4.79 Å². The van der Waals surface area contributed by atoms with E-state index in [0.717, 1.165) is 31.5 Å². The molecule has 4 nitrogen and oxygen atoms in total. The Morgan fingerprint density at radius 1 is 1.03 bits per heavy atom. The Morgan fingerprint density at radius 2 is 1.91 bits per heavy atom. The van der Waals surface area contributed by atoms with E-state index in [0.29, 0.717) is 24.5 Å². The van der Waals surface area contributed by atoms with Crippen LogP contribution in [0.5, 0.6) is 0 Å². The Kier molecular flexibility index (Phi) is 7.54. The highest BCUT2D eigenvalue weighted by Crippen LogP contribution is 2.43. The molecule has 1 N–H and O–H groups in total. The van der Waals surface area contributed by atoms with Crippen LogP contribution in [0.25, 0.3) is 0 Å². The van der Waals surface area contributed by atoms with Gasteiger partial charge < -0.3 is 10.2 Å². The van der Waals surface area contributed by atoms with Crippen molar-refractivity contribution >= 4 is 6.03 Å². The van der Waals surface area contributed by atoms with Crippen molar-refractivity contribution in [1.82, 2.24) is 15.1 Å². The number of benzene rings is 2. The predicted molar refractivity (Wildman–Crippen MR) is 139 cm³/mol. The van der Waals surface area contributed by atoms with Gasteiger partial charge in [-0.1, -0.05) is 74.7 Å². The summed E-state index contributed by atoms with van der Waals surface area (Å²) in [5, 5.41) is 3.20. The van der Waals surface area contributed by atoms with Gasteiger partial charge in [-0.25, -0.2) is 4.79 Å². The largest absolute Gasteiger partial charge is 0.334 e. The third-order valence-electron chi connectivity index (χ3n) is 8.39. The predicted octanol–water partition coefficient (Wildman–Crippen LogP) is 6.10. The van der Waals surface area contributed by atoms with Crippen LogP contribution in [-0.2, 0) is 19.4 Å². The molecular weight excluding hydrogens is 418 g/mol. The average molecular weight is 460 g/mol. The number of likely N-dealkylation sites (tertiary alicyclic amines) is 1. The van der Waals surface area contributed by atoms with Gasteiger partial charge in [-0.05, 0) is 66.7 Å². The van der Waals surface area contributed by atoms with Crippen LogP contribution in [0.4, 0.5) is 4.79 Å². The molecule has 182 valence electrons. The Balaban J connectivity index is 1.26. The Labute approximate surface area is 205 Å². The maximum absolute atomic E-state index is 13.2. The van der Waals surface area contributed by atoms with Gasteiger partial charge in [0, 0.05) is 38.3 Å². The Morgan fingerprint density at radius 3 is 2.76 bits per heavy atom. The maximum Gasteiger partial charge on any atom is 0.317 e. The number of hydrogen-bond donors (Lipinski definition) is 1. The Bertz CT molecular complexity index is 959. The number of rotatable bonds is 7. The first kappa shape index (κ1) is 23.4. The maximum atomic E-state index is 13.2. The molecule has 0 aromatic heterocycles. The molecule has 3 aliphatic heterocycles. The second-order valence-corrected chi connectivity index (χ2v) is 10.6. The molecule has 2 aromatic rings. The number of carbonyl (C=O) groups excluding carboxylic acids is 1. The molecule has 5 rings (SSSR count). The van der Waals surface area contributed by atoms with Crippen LogP contribution in [0.15, 0.2) is 48.5 Å². The first-order valence-electron chi connectivity index (χ1n) is 13.7. The van der Waals surface area contributed by atoms with E-state index in [4.69, 9.17) is 0 Å². The summed E-state index contributed by atoms with van der Waals surface area (Å²) < 4.78 is 0. The van der Waals surface area contributed by atoms with Gasteiger partial charge in [0.1, 0.15) is 0 Å². The van der Waals surface area contributed by atoms with Crippen molar-refractivity contribution in [2.45, 2.75) is 83.3 Å². The smallest absolute Gasteiger partial charge is 0.317 e. The number of urea groups is 1. The fraction of sp³-hybridized carbons (Fsp3) is 0.567. The van der Waals surface area contributed by atoms with E-state index in [-0.39, 0.29) is 6.03 Å². The summed E-state index contributed by atoms with van der Waals surface area (Å²) in [6.07, 6.45) is 11.1. The quantitative estimate of drug-likeness (QED) is 0.508. The molecule has 3 aliphatic rings. The number of piperidine rings is 2. The van der Waals surface area contributed by atoms with Crippen molar-refractivity contribution in [3.63, 3.8) is 0 Å². The number of aryl methyl sites for hydroxylation is 1. The SMILES string of the molecule is CCCCCCc1ccc2c(c1)CCN1CC3CCCN(C(=O)NCc4ccccc4)C3CC21. The molecule has 0 spiro atoms. The second kappa shape index (κ2) is 10.9. The lowest BCUT2D eigenvalue weighted by molar-refractivity contribution is 0.00566. The molecule has 3 unspecified atom stereocenters. The molecule has 0 saturated carbocycles. The van der Waals surface area contributed by atoms with Crippen LogP contribution in [-0.4, -0.2) is 41.5 Å². The topological polar surface area (TPSA) is 35.6 Å². The zero-order chi connectivity index (χ0) is 23.3. The van der Waals surface area contributed by atoms with E-state index >= 15 is 0 Å². The fourth-order valence-electron chi connectivity index (χ4n) is 6.55. The van der Waals surface area contributed by atoms with E-state index in [1.165, 1.54) is 62.6 Å².